The summed E-state index contributed by atoms with van der Waals surface area (Å²) in [4.78, 5) is 22.4. The van der Waals surface area contributed by atoms with Gasteiger partial charge in [-0.15, -0.1) is 0 Å². The molecule has 1 aromatic rings. The van der Waals surface area contributed by atoms with E-state index < -0.39 is 0 Å². The van der Waals surface area contributed by atoms with Crippen LogP contribution in [-0.4, -0.2) is 39.8 Å². The lowest BCUT2D eigenvalue weighted by Gasteiger charge is -2.07. The third-order valence-corrected chi connectivity index (χ3v) is 2.69. The molecule has 6 heteroatoms. The summed E-state index contributed by atoms with van der Waals surface area (Å²) in [6.45, 7) is 0.238. The maximum absolute atomic E-state index is 11.6. The molecule has 0 bridgehead atoms. The Balaban J connectivity index is 2.55. The van der Waals surface area contributed by atoms with E-state index in [1.165, 1.54) is 13.2 Å². The Bertz CT molecular complexity index is 525. The molecule has 0 aromatic heterocycles. The van der Waals surface area contributed by atoms with Crippen LogP contribution in [0.2, 0.25) is 0 Å². The van der Waals surface area contributed by atoms with Crippen LogP contribution in [0.3, 0.4) is 0 Å². The highest BCUT2D eigenvalue weighted by molar-refractivity contribution is 5.92. The zero-order chi connectivity index (χ0) is 15.7. The summed E-state index contributed by atoms with van der Waals surface area (Å²) >= 11 is 0. The molecule has 0 atom stereocenters. The largest absolute Gasteiger partial charge is 0.493 e. The second-order valence-electron chi connectivity index (χ2n) is 4.06. The van der Waals surface area contributed by atoms with E-state index in [1.54, 1.807) is 38.5 Å². The Morgan fingerprint density at radius 2 is 1.86 bits per heavy atom. The van der Waals surface area contributed by atoms with E-state index in [0.717, 1.165) is 5.56 Å². The topological polar surface area (TPSA) is 73.9 Å². The van der Waals surface area contributed by atoms with Crippen molar-refractivity contribution in [1.82, 2.24) is 5.32 Å². The van der Waals surface area contributed by atoms with Gasteiger partial charge in [-0.2, -0.15) is 0 Å². The average Bonchev–Trinajstić information content (AvgIpc) is 2.52. The van der Waals surface area contributed by atoms with Gasteiger partial charge in [-0.05, 0) is 23.8 Å². The number of rotatable bonds is 7. The van der Waals surface area contributed by atoms with Crippen molar-refractivity contribution in [3.05, 3.63) is 29.8 Å². The SMILES string of the molecule is COC(=O)CCNC(=O)/C=C/c1ccc(OC)c(OC)c1. The molecule has 6 nitrogen and oxygen atoms in total. The molecule has 0 saturated carbocycles. The van der Waals surface area contributed by atoms with Crippen LogP contribution in [0.4, 0.5) is 0 Å². The van der Waals surface area contributed by atoms with Gasteiger partial charge in [-0.3, -0.25) is 9.59 Å². The van der Waals surface area contributed by atoms with Crippen LogP contribution in [0.5, 0.6) is 11.5 Å². The lowest BCUT2D eigenvalue weighted by molar-refractivity contribution is -0.140. The molecule has 0 aliphatic rings. The van der Waals surface area contributed by atoms with Crippen LogP contribution in [-0.2, 0) is 14.3 Å². The summed E-state index contributed by atoms with van der Waals surface area (Å²) in [5.41, 5.74) is 0.802. The van der Waals surface area contributed by atoms with Gasteiger partial charge < -0.3 is 19.5 Å². The van der Waals surface area contributed by atoms with Crippen LogP contribution < -0.4 is 14.8 Å². The Hall–Kier alpha value is -2.50. The molecule has 1 N–H and O–H groups in total. The number of hydrogen-bond donors (Lipinski definition) is 1. The third kappa shape index (κ3) is 5.56. The van der Waals surface area contributed by atoms with Crippen LogP contribution >= 0.6 is 0 Å². The fraction of sp³-hybridized carbons (Fsp3) is 0.333. The normalized spacial score (nSPS) is 10.2. The van der Waals surface area contributed by atoms with Gasteiger partial charge in [-0.25, -0.2) is 0 Å². The van der Waals surface area contributed by atoms with Gasteiger partial charge in [0, 0.05) is 12.6 Å². The fourth-order valence-electron chi connectivity index (χ4n) is 1.58. The van der Waals surface area contributed by atoms with Crippen molar-refractivity contribution in [1.29, 1.82) is 0 Å². The number of amides is 1. The van der Waals surface area contributed by atoms with E-state index in [0.29, 0.717) is 11.5 Å². The first-order valence-corrected chi connectivity index (χ1v) is 6.35. The molecule has 21 heavy (non-hydrogen) atoms. The molecule has 0 aliphatic carbocycles. The van der Waals surface area contributed by atoms with Gasteiger partial charge in [0.25, 0.3) is 0 Å². The van der Waals surface area contributed by atoms with E-state index in [9.17, 15) is 9.59 Å². The molecule has 0 spiro atoms. The van der Waals surface area contributed by atoms with Gasteiger partial charge in [0.2, 0.25) is 5.91 Å². The van der Waals surface area contributed by atoms with Crippen molar-refractivity contribution in [3.8, 4) is 11.5 Å². The van der Waals surface area contributed by atoms with E-state index in [-0.39, 0.29) is 24.8 Å². The molecule has 0 fully saturated rings. The molecule has 0 unspecified atom stereocenters. The number of benzene rings is 1. The summed E-state index contributed by atoms with van der Waals surface area (Å²) in [5, 5.41) is 2.59. The van der Waals surface area contributed by atoms with Crippen molar-refractivity contribution in [3.63, 3.8) is 0 Å². The number of methoxy groups -OCH3 is 3. The monoisotopic (exact) mass is 293 g/mol. The van der Waals surface area contributed by atoms with E-state index in [2.05, 4.69) is 10.1 Å². The maximum Gasteiger partial charge on any atom is 0.307 e. The third-order valence-electron chi connectivity index (χ3n) is 2.69. The average molecular weight is 293 g/mol. The maximum atomic E-state index is 11.6. The quantitative estimate of drug-likeness (QED) is 0.607. The Labute approximate surface area is 123 Å². The zero-order valence-electron chi connectivity index (χ0n) is 12.3. The second-order valence-corrected chi connectivity index (χ2v) is 4.06. The smallest absolute Gasteiger partial charge is 0.307 e. The van der Waals surface area contributed by atoms with Crippen LogP contribution in [0, 0.1) is 0 Å². The molecule has 0 aliphatic heterocycles. The first-order valence-electron chi connectivity index (χ1n) is 6.35. The minimum atomic E-state index is -0.362. The number of ether oxygens (including phenoxy) is 3. The minimum absolute atomic E-state index is 0.145. The lowest BCUT2D eigenvalue weighted by atomic mass is 10.2. The summed E-state index contributed by atoms with van der Waals surface area (Å²) in [7, 11) is 4.41. The van der Waals surface area contributed by atoms with Gasteiger partial charge in [-0.1, -0.05) is 6.07 Å². The molecule has 1 amide bonds. The lowest BCUT2D eigenvalue weighted by Crippen LogP contribution is -2.24. The Morgan fingerprint density at radius 3 is 2.48 bits per heavy atom. The number of carbonyl (C=O) groups is 2. The van der Waals surface area contributed by atoms with E-state index >= 15 is 0 Å². The van der Waals surface area contributed by atoms with Crippen LogP contribution in [0.25, 0.3) is 6.08 Å². The number of carbonyl (C=O) groups excluding carboxylic acids is 2. The fourth-order valence-corrected chi connectivity index (χ4v) is 1.58. The van der Waals surface area contributed by atoms with Crippen molar-refractivity contribution in [2.75, 3.05) is 27.9 Å². The van der Waals surface area contributed by atoms with Crippen molar-refractivity contribution in [2.45, 2.75) is 6.42 Å². The summed E-state index contributed by atoms with van der Waals surface area (Å²) in [6.07, 6.45) is 3.18. The van der Waals surface area contributed by atoms with Crippen molar-refractivity contribution >= 4 is 18.0 Å². The van der Waals surface area contributed by atoms with Gasteiger partial charge in [0.1, 0.15) is 0 Å². The first kappa shape index (κ1) is 16.6. The Morgan fingerprint density at radius 1 is 1.14 bits per heavy atom. The first-order chi connectivity index (χ1) is 10.1. The highest BCUT2D eigenvalue weighted by Crippen LogP contribution is 2.27. The number of esters is 1. The van der Waals surface area contributed by atoms with Crippen LogP contribution in [0.15, 0.2) is 24.3 Å². The number of hydrogen-bond acceptors (Lipinski definition) is 5. The summed E-state index contributed by atoms with van der Waals surface area (Å²) in [5.74, 6) is 0.566. The molecule has 1 aromatic carbocycles. The summed E-state index contributed by atoms with van der Waals surface area (Å²) < 4.78 is 14.8. The highest BCUT2D eigenvalue weighted by Gasteiger charge is 2.04. The summed E-state index contributed by atoms with van der Waals surface area (Å²) in [6, 6.07) is 5.32. The highest BCUT2D eigenvalue weighted by atomic mass is 16.5. The molecule has 114 valence electrons. The molecule has 1 rings (SSSR count). The van der Waals surface area contributed by atoms with Gasteiger partial charge in [0.05, 0.1) is 27.8 Å². The van der Waals surface area contributed by atoms with E-state index in [4.69, 9.17) is 9.47 Å². The Kier molecular flexibility index (Phi) is 6.80. The second kappa shape index (κ2) is 8.63. The van der Waals surface area contributed by atoms with E-state index in [1.807, 2.05) is 0 Å². The zero-order valence-corrected chi connectivity index (χ0v) is 12.3. The van der Waals surface area contributed by atoms with Crippen LogP contribution in [0.1, 0.15) is 12.0 Å². The predicted octanol–water partition coefficient (Wildman–Crippen LogP) is 1.40. The number of nitrogens with one attached hydrogen (secondary N) is 1. The molecular formula is C15H19NO5. The molecule has 0 heterocycles. The van der Waals surface area contributed by atoms with Crippen molar-refractivity contribution < 1.29 is 23.8 Å². The standard InChI is InChI=1S/C15H19NO5/c1-19-12-6-4-11(10-13(12)20-2)5-7-14(17)16-9-8-15(18)21-3/h4-7,10H,8-9H2,1-3H3,(H,16,17)/b7-5+. The predicted molar refractivity (Wildman–Crippen MR) is 78.2 cm³/mol. The molecular weight excluding hydrogens is 274 g/mol. The van der Waals surface area contributed by atoms with Gasteiger partial charge in [0.15, 0.2) is 11.5 Å². The van der Waals surface area contributed by atoms with Gasteiger partial charge >= 0.3 is 5.97 Å². The van der Waals surface area contributed by atoms with Crippen molar-refractivity contribution in [2.24, 2.45) is 0 Å². The molecule has 0 saturated heterocycles. The molecule has 0 radical (unpaired) electrons. The minimum Gasteiger partial charge on any atom is -0.493 e.